The van der Waals surface area contributed by atoms with Crippen LogP contribution in [-0.2, 0) is 12.8 Å². The van der Waals surface area contributed by atoms with Crippen molar-refractivity contribution in [1.82, 2.24) is 0 Å². The van der Waals surface area contributed by atoms with E-state index in [-0.39, 0.29) is 0 Å². The second-order valence-corrected chi connectivity index (χ2v) is 5.14. The molecule has 0 aromatic heterocycles. The molecular formula is C14H18BrNO. The lowest BCUT2D eigenvalue weighted by atomic mass is 9.87. The van der Waals surface area contributed by atoms with E-state index < -0.39 is 0 Å². The highest BCUT2D eigenvalue weighted by molar-refractivity contribution is 9.10. The molecule has 1 aromatic rings. The Bertz CT molecular complexity index is 440. The standard InChI is InChI=1S/C14H18BrNO/c1-17-14-12(7-4-8-16)11-6-3-2-5-10(11)9-13(14)15/h4,7,9H,2-3,5-6,8,16H2,1H3/b7-4+. The first-order valence-electron chi connectivity index (χ1n) is 6.02. The molecule has 1 aromatic carbocycles. The minimum atomic E-state index is 0.560. The number of hydrogen-bond acceptors (Lipinski definition) is 2. The van der Waals surface area contributed by atoms with Crippen LogP contribution in [-0.4, -0.2) is 13.7 Å². The van der Waals surface area contributed by atoms with Crippen molar-refractivity contribution in [3.63, 3.8) is 0 Å². The van der Waals surface area contributed by atoms with Crippen molar-refractivity contribution < 1.29 is 4.74 Å². The molecule has 0 amide bonds. The van der Waals surface area contributed by atoms with Gasteiger partial charge in [0.1, 0.15) is 5.75 Å². The Morgan fingerprint density at radius 3 is 2.88 bits per heavy atom. The van der Waals surface area contributed by atoms with Gasteiger partial charge >= 0.3 is 0 Å². The molecule has 1 aliphatic carbocycles. The van der Waals surface area contributed by atoms with E-state index >= 15 is 0 Å². The number of hydrogen-bond donors (Lipinski definition) is 1. The maximum absolute atomic E-state index is 5.54. The summed E-state index contributed by atoms with van der Waals surface area (Å²) in [5.41, 5.74) is 9.62. The van der Waals surface area contributed by atoms with Crippen LogP contribution in [0.15, 0.2) is 16.6 Å². The molecule has 1 aliphatic rings. The molecule has 2 nitrogen and oxygen atoms in total. The fraction of sp³-hybridized carbons (Fsp3) is 0.429. The van der Waals surface area contributed by atoms with Gasteiger partial charge in [-0.3, -0.25) is 0 Å². The SMILES string of the molecule is COc1c(Br)cc2c(c1/C=C/CN)CCCC2. The van der Waals surface area contributed by atoms with Crippen molar-refractivity contribution in [2.75, 3.05) is 13.7 Å². The summed E-state index contributed by atoms with van der Waals surface area (Å²) in [5, 5.41) is 0. The molecule has 0 atom stereocenters. The lowest BCUT2D eigenvalue weighted by molar-refractivity contribution is 0.410. The molecule has 3 heteroatoms. The molecule has 0 fully saturated rings. The second kappa shape index (κ2) is 5.69. The normalized spacial score (nSPS) is 15.0. The van der Waals surface area contributed by atoms with Gasteiger partial charge in [-0.1, -0.05) is 12.2 Å². The van der Waals surface area contributed by atoms with Crippen LogP contribution in [0.4, 0.5) is 0 Å². The van der Waals surface area contributed by atoms with Gasteiger partial charge in [0.2, 0.25) is 0 Å². The summed E-state index contributed by atoms with van der Waals surface area (Å²) < 4.78 is 6.54. The molecule has 0 bridgehead atoms. The molecule has 92 valence electrons. The number of rotatable bonds is 3. The first kappa shape index (κ1) is 12.7. The van der Waals surface area contributed by atoms with Gasteiger partial charge in [-0.15, -0.1) is 0 Å². The Morgan fingerprint density at radius 2 is 2.18 bits per heavy atom. The van der Waals surface area contributed by atoms with E-state index in [2.05, 4.69) is 28.1 Å². The molecule has 0 radical (unpaired) electrons. The van der Waals surface area contributed by atoms with Gasteiger partial charge in [0.15, 0.2) is 0 Å². The first-order valence-corrected chi connectivity index (χ1v) is 6.82. The largest absolute Gasteiger partial charge is 0.495 e. The van der Waals surface area contributed by atoms with E-state index in [0.29, 0.717) is 6.54 Å². The first-order chi connectivity index (χ1) is 8.27. The van der Waals surface area contributed by atoms with Crippen LogP contribution in [0.1, 0.15) is 29.5 Å². The molecule has 17 heavy (non-hydrogen) atoms. The second-order valence-electron chi connectivity index (χ2n) is 4.29. The lowest BCUT2D eigenvalue weighted by Crippen LogP contribution is -2.07. The van der Waals surface area contributed by atoms with Gasteiger partial charge in [0.25, 0.3) is 0 Å². The summed E-state index contributed by atoms with van der Waals surface area (Å²) in [7, 11) is 1.72. The van der Waals surface area contributed by atoms with Crippen molar-refractivity contribution in [1.29, 1.82) is 0 Å². The van der Waals surface area contributed by atoms with Gasteiger partial charge in [-0.05, 0) is 58.8 Å². The topological polar surface area (TPSA) is 35.2 Å². The number of aryl methyl sites for hydroxylation is 1. The maximum atomic E-state index is 5.54. The fourth-order valence-electron chi connectivity index (χ4n) is 2.45. The van der Waals surface area contributed by atoms with E-state index in [4.69, 9.17) is 10.5 Å². The zero-order valence-corrected chi connectivity index (χ0v) is 11.7. The highest BCUT2D eigenvalue weighted by Crippen LogP contribution is 2.38. The molecule has 0 aliphatic heterocycles. The number of methoxy groups -OCH3 is 1. The van der Waals surface area contributed by atoms with E-state index in [9.17, 15) is 0 Å². The van der Waals surface area contributed by atoms with E-state index in [1.54, 1.807) is 7.11 Å². The zero-order chi connectivity index (χ0) is 12.3. The average Bonchev–Trinajstić information content (AvgIpc) is 2.35. The van der Waals surface area contributed by atoms with Gasteiger partial charge in [-0.2, -0.15) is 0 Å². The molecule has 2 N–H and O–H groups in total. The predicted molar refractivity (Wildman–Crippen MR) is 75.4 cm³/mol. The van der Waals surface area contributed by atoms with Gasteiger partial charge in [0, 0.05) is 12.1 Å². The summed E-state index contributed by atoms with van der Waals surface area (Å²) in [6.07, 6.45) is 8.94. The highest BCUT2D eigenvalue weighted by atomic mass is 79.9. The fourth-order valence-corrected chi connectivity index (χ4v) is 3.10. The third-order valence-corrected chi connectivity index (χ3v) is 3.81. The molecular weight excluding hydrogens is 278 g/mol. The number of nitrogens with two attached hydrogens (primary N) is 1. The third-order valence-electron chi connectivity index (χ3n) is 3.22. The summed E-state index contributed by atoms with van der Waals surface area (Å²) in [5.74, 6) is 0.926. The smallest absolute Gasteiger partial charge is 0.140 e. The number of halogens is 1. The Hall–Kier alpha value is -0.800. The Labute approximate surface area is 111 Å². The zero-order valence-electron chi connectivity index (χ0n) is 10.1. The third kappa shape index (κ3) is 2.55. The minimum Gasteiger partial charge on any atom is -0.495 e. The summed E-state index contributed by atoms with van der Waals surface area (Å²) >= 11 is 3.59. The van der Waals surface area contributed by atoms with Gasteiger partial charge in [-0.25, -0.2) is 0 Å². The van der Waals surface area contributed by atoms with E-state index in [0.717, 1.165) is 16.6 Å². The van der Waals surface area contributed by atoms with E-state index in [1.165, 1.54) is 36.0 Å². The Kier molecular flexibility index (Phi) is 4.24. The Balaban J connectivity index is 2.57. The molecule has 0 saturated heterocycles. The molecule has 0 spiro atoms. The number of benzene rings is 1. The van der Waals surface area contributed by atoms with Gasteiger partial charge < -0.3 is 10.5 Å². The maximum Gasteiger partial charge on any atom is 0.140 e. The van der Waals surface area contributed by atoms with Crippen molar-refractivity contribution in [3.05, 3.63) is 33.3 Å². The van der Waals surface area contributed by atoms with Crippen molar-refractivity contribution in [3.8, 4) is 5.75 Å². The molecule has 0 unspecified atom stereocenters. The van der Waals surface area contributed by atoms with Crippen LogP contribution in [0.5, 0.6) is 5.75 Å². The van der Waals surface area contributed by atoms with Crippen molar-refractivity contribution >= 4 is 22.0 Å². The molecule has 0 heterocycles. The van der Waals surface area contributed by atoms with Gasteiger partial charge in [0.05, 0.1) is 11.6 Å². The van der Waals surface area contributed by atoms with Crippen molar-refractivity contribution in [2.45, 2.75) is 25.7 Å². The molecule has 0 saturated carbocycles. The monoisotopic (exact) mass is 295 g/mol. The lowest BCUT2D eigenvalue weighted by Gasteiger charge is -2.21. The average molecular weight is 296 g/mol. The van der Waals surface area contributed by atoms with Crippen LogP contribution in [0.2, 0.25) is 0 Å². The van der Waals surface area contributed by atoms with Crippen LogP contribution in [0.3, 0.4) is 0 Å². The summed E-state index contributed by atoms with van der Waals surface area (Å²) in [6.45, 7) is 0.560. The van der Waals surface area contributed by atoms with Crippen LogP contribution in [0, 0.1) is 0 Å². The summed E-state index contributed by atoms with van der Waals surface area (Å²) in [4.78, 5) is 0. The quantitative estimate of drug-likeness (QED) is 0.928. The predicted octanol–water partition coefficient (Wildman–Crippen LogP) is 3.31. The molecule has 2 rings (SSSR count). The van der Waals surface area contributed by atoms with Crippen LogP contribution < -0.4 is 10.5 Å². The number of ether oxygens (including phenoxy) is 1. The number of fused-ring (bicyclic) bond motifs is 1. The summed E-state index contributed by atoms with van der Waals surface area (Å²) in [6, 6.07) is 2.20. The van der Waals surface area contributed by atoms with Crippen LogP contribution in [0.25, 0.3) is 6.08 Å². The highest BCUT2D eigenvalue weighted by Gasteiger charge is 2.18. The minimum absolute atomic E-state index is 0.560. The van der Waals surface area contributed by atoms with Crippen molar-refractivity contribution in [2.24, 2.45) is 5.73 Å². The van der Waals surface area contributed by atoms with Crippen LogP contribution >= 0.6 is 15.9 Å². The Morgan fingerprint density at radius 1 is 1.41 bits per heavy atom. The van der Waals surface area contributed by atoms with E-state index in [1.807, 2.05) is 6.08 Å².